The molecule has 6 nitrogen and oxygen atoms in total. The van der Waals surface area contributed by atoms with Crippen LogP contribution in [0.1, 0.15) is 38.3 Å². The van der Waals surface area contributed by atoms with E-state index in [-0.39, 0.29) is 24.8 Å². The number of rotatable bonds is 8. The summed E-state index contributed by atoms with van der Waals surface area (Å²) in [6.07, 6.45) is 7.75. The number of Topliss-reactive ketones (excluding diaryl/α,β-unsaturated/α-hetero) is 2. The molecule has 0 unspecified atom stereocenters. The number of ketones is 2. The van der Waals surface area contributed by atoms with Crippen molar-refractivity contribution >= 4 is 70.4 Å². The number of hydrogen-bond donors (Lipinski definition) is 0. The van der Waals surface area contributed by atoms with E-state index in [1.54, 1.807) is 36.4 Å². The highest BCUT2D eigenvalue weighted by molar-refractivity contribution is 6.37. The predicted octanol–water partition coefficient (Wildman–Crippen LogP) is 6.73. The van der Waals surface area contributed by atoms with Gasteiger partial charge in [0.25, 0.3) is 0 Å². The van der Waals surface area contributed by atoms with Gasteiger partial charge < -0.3 is 9.68 Å². The van der Waals surface area contributed by atoms with Crippen molar-refractivity contribution < 1.29 is 19.3 Å². The second kappa shape index (κ2) is 11.4. The van der Waals surface area contributed by atoms with Gasteiger partial charge in [-0.3, -0.25) is 9.59 Å². The molecule has 0 atom stereocenters. The Morgan fingerprint density at radius 2 is 1.14 bits per heavy atom. The SMILES string of the molecule is O=C1C(/C=N/OCCCO/N=C/C2=CCc3c(Cl)cc(Cl)cc3C2=O)=CCc2c(Cl)cc(Cl)cc21. The fourth-order valence-electron chi connectivity index (χ4n) is 3.65. The summed E-state index contributed by atoms with van der Waals surface area (Å²) in [5.74, 6) is -0.418. The molecule has 0 spiro atoms. The molecule has 2 aromatic carbocycles. The minimum Gasteiger partial charge on any atom is -0.396 e. The highest BCUT2D eigenvalue weighted by Crippen LogP contribution is 2.31. The molecule has 0 saturated heterocycles. The zero-order valence-corrected chi connectivity index (χ0v) is 21.2. The number of allylic oxidation sites excluding steroid dienone is 4. The molecule has 0 aliphatic heterocycles. The van der Waals surface area contributed by atoms with Gasteiger partial charge in [0.15, 0.2) is 11.6 Å². The lowest BCUT2D eigenvalue weighted by atomic mass is 9.91. The maximum absolute atomic E-state index is 12.6. The standard InChI is InChI=1S/C25H18Cl4N2O4/c26-16-8-20-18(22(28)10-16)4-2-14(24(20)32)12-30-34-6-1-7-35-31-13-15-3-5-19-21(25(15)33)9-17(27)11-23(19)29/h2-3,8-13H,1,4-7H2/b30-12+,31-13+. The third-order valence-electron chi connectivity index (χ3n) is 5.39. The van der Waals surface area contributed by atoms with Crippen molar-refractivity contribution in [3.8, 4) is 0 Å². The lowest BCUT2D eigenvalue weighted by Crippen LogP contribution is -2.14. The Morgan fingerprint density at radius 3 is 1.57 bits per heavy atom. The molecule has 2 aromatic rings. The number of carbonyl (C=O) groups is 2. The lowest BCUT2D eigenvalue weighted by Gasteiger charge is -2.15. The van der Waals surface area contributed by atoms with Gasteiger partial charge in [-0.15, -0.1) is 0 Å². The van der Waals surface area contributed by atoms with Crippen LogP contribution in [0.3, 0.4) is 0 Å². The van der Waals surface area contributed by atoms with Crippen LogP contribution in [-0.2, 0) is 22.5 Å². The first-order valence-corrected chi connectivity index (χ1v) is 12.1. The highest BCUT2D eigenvalue weighted by atomic mass is 35.5. The normalized spacial score (nSPS) is 15.2. The van der Waals surface area contributed by atoms with E-state index < -0.39 is 0 Å². The van der Waals surface area contributed by atoms with E-state index in [2.05, 4.69) is 10.3 Å². The minimum atomic E-state index is -0.209. The van der Waals surface area contributed by atoms with Crippen LogP contribution in [0.25, 0.3) is 0 Å². The Bertz CT molecular complexity index is 1220. The number of nitrogens with zero attached hydrogens (tertiary/aromatic N) is 2. The Hall–Kier alpha value is -2.64. The first kappa shape index (κ1) is 25.5. The Morgan fingerprint density at radius 1 is 0.714 bits per heavy atom. The summed E-state index contributed by atoms with van der Waals surface area (Å²) in [6.45, 7) is 0.515. The van der Waals surface area contributed by atoms with Crippen LogP contribution in [0, 0.1) is 0 Å². The second-order valence-corrected chi connectivity index (χ2v) is 9.39. The Balaban J connectivity index is 1.19. The average Bonchev–Trinajstić information content (AvgIpc) is 2.81. The van der Waals surface area contributed by atoms with Crippen molar-refractivity contribution in [2.24, 2.45) is 10.3 Å². The summed E-state index contributed by atoms with van der Waals surface area (Å²) >= 11 is 24.4. The summed E-state index contributed by atoms with van der Waals surface area (Å²) in [6, 6.07) is 6.44. The van der Waals surface area contributed by atoms with Crippen molar-refractivity contribution in [2.45, 2.75) is 19.3 Å². The zero-order valence-electron chi connectivity index (χ0n) is 18.2. The lowest BCUT2D eigenvalue weighted by molar-refractivity contribution is 0.0907. The van der Waals surface area contributed by atoms with E-state index in [1.165, 1.54) is 12.4 Å². The minimum absolute atomic E-state index is 0.209. The first-order chi connectivity index (χ1) is 16.8. The number of oxime groups is 2. The van der Waals surface area contributed by atoms with E-state index in [0.717, 1.165) is 11.1 Å². The third kappa shape index (κ3) is 5.96. The molecule has 180 valence electrons. The van der Waals surface area contributed by atoms with Gasteiger partial charge in [0.1, 0.15) is 13.2 Å². The average molecular weight is 552 g/mol. The number of fused-ring (bicyclic) bond motifs is 2. The number of hydrogen-bond acceptors (Lipinski definition) is 6. The summed E-state index contributed by atoms with van der Waals surface area (Å²) in [5.41, 5.74) is 3.26. The number of halogens is 4. The molecule has 0 radical (unpaired) electrons. The van der Waals surface area contributed by atoms with Gasteiger partial charge in [-0.1, -0.05) is 68.9 Å². The van der Waals surface area contributed by atoms with Crippen LogP contribution in [0.4, 0.5) is 0 Å². The molecule has 2 aliphatic carbocycles. The summed E-state index contributed by atoms with van der Waals surface area (Å²) in [7, 11) is 0. The van der Waals surface area contributed by atoms with Crippen molar-refractivity contribution in [1.29, 1.82) is 0 Å². The van der Waals surface area contributed by atoms with Crippen molar-refractivity contribution in [3.63, 3.8) is 0 Å². The van der Waals surface area contributed by atoms with Crippen molar-refractivity contribution in [3.05, 3.63) is 89.9 Å². The van der Waals surface area contributed by atoms with Gasteiger partial charge >= 0.3 is 0 Å². The fourth-order valence-corrected chi connectivity index (χ4v) is 4.79. The molecule has 0 fully saturated rings. The quantitative estimate of drug-likeness (QED) is 0.207. The van der Waals surface area contributed by atoms with E-state index in [4.69, 9.17) is 56.1 Å². The second-order valence-electron chi connectivity index (χ2n) is 7.70. The zero-order chi connectivity index (χ0) is 24.9. The van der Waals surface area contributed by atoms with Gasteiger partial charge in [0.05, 0.1) is 12.4 Å². The molecular formula is C25H18Cl4N2O4. The Kier molecular flexibility index (Phi) is 8.29. The molecule has 0 N–H and O–H groups in total. The maximum atomic E-state index is 12.6. The predicted molar refractivity (Wildman–Crippen MR) is 139 cm³/mol. The molecule has 35 heavy (non-hydrogen) atoms. The van der Waals surface area contributed by atoms with Crippen LogP contribution in [0.15, 0.2) is 57.9 Å². The molecule has 0 aromatic heterocycles. The molecular weight excluding hydrogens is 534 g/mol. The number of benzene rings is 2. The van der Waals surface area contributed by atoms with Gasteiger partial charge in [-0.25, -0.2) is 0 Å². The Labute approximate surface area is 221 Å². The van der Waals surface area contributed by atoms with E-state index >= 15 is 0 Å². The van der Waals surface area contributed by atoms with Gasteiger partial charge in [0.2, 0.25) is 0 Å². The van der Waals surface area contributed by atoms with Crippen LogP contribution in [-0.4, -0.2) is 37.2 Å². The summed E-state index contributed by atoms with van der Waals surface area (Å²) in [5, 5.41) is 9.44. The maximum Gasteiger partial charge on any atom is 0.194 e. The smallest absolute Gasteiger partial charge is 0.194 e. The van der Waals surface area contributed by atoms with Gasteiger partial charge in [-0.2, -0.15) is 0 Å². The molecule has 10 heteroatoms. The van der Waals surface area contributed by atoms with Crippen LogP contribution in [0.2, 0.25) is 20.1 Å². The van der Waals surface area contributed by atoms with E-state index in [1.807, 2.05) is 0 Å². The number of carbonyl (C=O) groups excluding carboxylic acids is 2. The molecule has 0 heterocycles. The summed E-state index contributed by atoms with van der Waals surface area (Å²) < 4.78 is 0. The van der Waals surface area contributed by atoms with E-state index in [9.17, 15) is 9.59 Å². The third-order valence-corrected chi connectivity index (χ3v) is 6.50. The van der Waals surface area contributed by atoms with Crippen LogP contribution < -0.4 is 0 Å². The van der Waals surface area contributed by atoms with E-state index in [0.29, 0.717) is 61.6 Å². The van der Waals surface area contributed by atoms with Crippen LogP contribution in [0.5, 0.6) is 0 Å². The highest BCUT2D eigenvalue weighted by Gasteiger charge is 2.23. The van der Waals surface area contributed by atoms with Crippen molar-refractivity contribution in [2.75, 3.05) is 13.2 Å². The molecule has 0 saturated carbocycles. The van der Waals surface area contributed by atoms with Crippen LogP contribution >= 0.6 is 46.4 Å². The fraction of sp³-hybridized carbons (Fsp3) is 0.200. The monoisotopic (exact) mass is 550 g/mol. The van der Waals surface area contributed by atoms with Crippen molar-refractivity contribution in [1.82, 2.24) is 0 Å². The van der Waals surface area contributed by atoms with Gasteiger partial charge in [0, 0.05) is 48.8 Å². The van der Waals surface area contributed by atoms with Gasteiger partial charge in [-0.05, 0) is 48.2 Å². The molecule has 0 bridgehead atoms. The topological polar surface area (TPSA) is 77.3 Å². The largest absolute Gasteiger partial charge is 0.396 e. The summed E-state index contributed by atoms with van der Waals surface area (Å²) in [4.78, 5) is 35.6. The molecule has 0 amide bonds. The molecule has 2 aliphatic rings. The first-order valence-electron chi connectivity index (χ1n) is 10.6. The molecule has 4 rings (SSSR count).